The maximum atomic E-state index is 10.8. The van der Waals surface area contributed by atoms with E-state index < -0.39 is 4.92 Å². The lowest BCUT2D eigenvalue weighted by Crippen LogP contribution is -1.89. The van der Waals surface area contributed by atoms with Gasteiger partial charge in [0.1, 0.15) is 5.75 Å². The van der Waals surface area contributed by atoms with Crippen molar-refractivity contribution >= 4 is 49.2 Å². The normalized spacial score (nSPS) is 11.0. The van der Waals surface area contributed by atoms with Gasteiger partial charge in [-0.3, -0.25) is 10.1 Å². The van der Waals surface area contributed by atoms with Gasteiger partial charge in [-0.05, 0) is 61.2 Å². The molecule has 0 unspecified atom stereocenters. The highest BCUT2D eigenvalue weighted by Gasteiger charge is 2.10. The Hall–Kier alpha value is -2.17. The summed E-state index contributed by atoms with van der Waals surface area (Å²) in [6.07, 6.45) is 1.59. The number of halogens is 2. The van der Waals surface area contributed by atoms with Gasteiger partial charge in [-0.2, -0.15) is 5.26 Å². The molecular formula is C15H8Br2N2O3. The van der Waals surface area contributed by atoms with E-state index in [-0.39, 0.29) is 17.0 Å². The summed E-state index contributed by atoms with van der Waals surface area (Å²) in [7, 11) is 0. The van der Waals surface area contributed by atoms with Gasteiger partial charge in [-0.1, -0.05) is 12.1 Å². The Morgan fingerprint density at radius 2 is 1.91 bits per heavy atom. The van der Waals surface area contributed by atoms with Gasteiger partial charge in [0.15, 0.2) is 0 Å². The van der Waals surface area contributed by atoms with Crippen LogP contribution in [0.1, 0.15) is 11.1 Å². The summed E-state index contributed by atoms with van der Waals surface area (Å²) in [6, 6.07) is 11.2. The topological polar surface area (TPSA) is 87.2 Å². The van der Waals surface area contributed by atoms with Gasteiger partial charge in [0, 0.05) is 12.1 Å². The number of nitriles is 1. The van der Waals surface area contributed by atoms with E-state index in [1.807, 2.05) is 6.07 Å². The largest absolute Gasteiger partial charge is 0.506 e. The minimum absolute atomic E-state index is 0.0611. The fourth-order valence-corrected chi connectivity index (χ4v) is 3.02. The van der Waals surface area contributed by atoms with E-state index in [1.54, 1.807) is 24.3 Å². The molecule has 0 amide bonds. The maximum absolute atomic E-state index is 10.8. The number of phenolic OH excluding ortho intramolecular Hbond substituents is 1. The van der Waals surface area contributed by atoms with Crippen molar-refractivity contribution in [1.82, 2.24) is 0 Å². The van der Waals surface area contributed by atoms with E-state index in [1.165, 1.54) is 18.2 Å². The number of nitro benzene ring substituents is 1. The van der Waals surface area contributed by atoms with Crippen molar-refractivity contribution in [3.63, 3.8) is 0 Å². The van der Waals surface area contributed by atoms with Crippen LogP contribution in [0.2, 0.25) is 0 Å². The first-order valence-corrected chi connectivity index (χ1v) is 7.55. The Kier molecular flexibility index (Phi) is 4.96. The first kappa shape index (κ1) is 16.2. The number of nitro groups is 1. The first-order chi connectivity index (χ1) is 10.4. The monoisotopic (exact) mass is 422 g/mol. The smallest absolute Gasteiger partial charge is 0.270 e. The molecule has 5 nitrogen and oxygen atoms in total. The number of aromatic hydroxyl groups is 1. The molecule has 2 rings (SSSR count). The summed E-state index contributed by atoms with van der Waals surface area (Å²) >= 11 is 6.43. The molecule has 22 heavy (non-hydrogen) atoms. The predicted octanol–water partition coefficient (Wildman–Crippen LogP) is 4.89. The molecule has 0 spiro atoms. The lowest BCUT2D eigenvalue weighted by Gasteiger charge is -2.04. The quantitative estimate of drug-likeness (QED) is 0.329. The SMILES string of the molecule is N#C/C(=C/c1cc(Br)c(O)c(Br)c1)c1cccc([N+](=O)[O-])c1. The average Bonchev–Trinajstić information content (AvgIpc) is 2.50. The number of phenols is 1. The second kappa shape index (κ2) is 6.73. The zero-order valence-electron chi connectivity index (χ0n) is 11.0. The number of hydrogen-bond donors (Lipinski definition) is 1. The summed E-state index contributed by atoms with van der Waals surface area (Å²) in [5.41, 5.74) is 1.33. The summed E-state index contributed by atoms with van der Waals surface area (Å²) in [5, 5.41) is 29.8. The maximum Gasteiger partial charge on any atom is 0.270 e. The number of hydrogen-bond acceptors (Lipinski definition) is 4. The summed E-state index contributed by atoms with van der Waals surface area (Å²) in [5.74, 6) is 0.0611. The molecule has 7 heteroatoms. The lowest BCUT2D eigenvalue weighted by molar-refractivity contribution is -0.384. The molecule has 0 atom stereocenters. The number of allylic oxidation sites excluding steroid dienone is 1. The van der Waals surface area contributed by atoms with Gasteiger partial charge in [0.2, 0.25) is 0 Å². The minimum Gasteiger partial charge on any atom is -0.506 e. The fraction of sp³-hybridized carbons (Fsp3) is 0. The molecule has 110 valence electrons. The second-order valence-corrected chi connectivity index (χ2v) is 6.02. The molecule has 2 aromatic carbocycles. The van der Waals surface area contributed by atoms with Crippen molar-refractivity contribution in [2.24, 2.45) is 0 Å². The molecule has 2 aromatic rings. The highest BCUT2D eigenvalue weighted by Crippen LogP contribution is 2.34. The molecular weight excluding hydrogens is 416 g/mol. The van der Waals surface area contributed by atoms with Crippen LogP contribution in [0.15, 0.2) is 45.3 Å². The van der Waals surface area contributed by atoms with Crippen LogP contribution in [0.3, 0.4) is 0 Å². The van der Waals surface area contributed by atoms with Crippen LogP contribution in [0.4, 0.5) is 5.69 Å². The molecule has 1 N–H and O–H groups in total. The summed E-state index contributed by atoms with van der Waals surface area (Å²) in [6.45, 7) is 0. The van der Waals surface area contributed by atoms with Crippen molar-refractivity contribution in [1.29, 1.82) is 5.26 Å². The van der Waals surface area contributed by atoms with Gasteiger partial charge < -0.3 is 5.11 Å². The zero-order valence-corrected chi connectivity index (χ0v) is 14.1. The molecule has 0 aromatic heterocycles. The molecule has 0 fully saturated rings. The van der Waals surface area contributed by atoms with E-state index in [2.05, 4.69) is 31.9 Å². The molecule has 0 saturated carbocycles. The van der Waals surface area contributed by atoms with Gasteiger partial charge in [0.05, 0.1) is 25.5 Å². The van der Waals surface area contributed by atoms with E-state index in [9.17, 15) is 20.5 Å². The van der Waals surface area contributed by atoms with Gasteiger partial charge >= 0.3 is 0 Å². The number of nitrogens with zero attached hydrogens (tertiary/aromatic N) is 2. The fourth-order valence-electron chi connectivity index (χ4n) is 1.80. The van der Waals surface area contributed by atoms with Crippen LogP contribution >= 0.6 is 31.9 Å². The van der Waals surface area contributed by atoms with Gasteiger partial charge in [0.25, 0.3) is 5.69 Å². The molecule has 0 aliphatic heterocycles. The van der Waals surface area contributed by atoms with E-state index in [0.29, 0.717) is 20.1 Å². The number of non-ortho nitro benzene ring substituents is 1. The van der Waals surface area contributed by atoms with E-state index in [4.69, 9.17) is 0 Å². The third-order valence-corrected chi connectivity index (χ3v) is 4.05. The van der Waals surface area contributed by atoms with Crippen molar-refractivity contribution in [2.75, 3.05) is 0 Å². The Balaban J connectivity index is 2.51. The van der Waals surface area contributed by atoms with Gasteiger partial charge in [-0.15, -0.1) is 0 Å². The molecule has 0 aliphatic rings. The summed E-state index contributed by atoms with van der Waals surface area (Å²) in [4.78, 5) is 10.3. The Morgan fingerprint density at radius 3 is 2.45 bits per heavy atom. The minimum atomic E-state index is -0.508. The van der Waals surface area contributed by atoms with Crippen LogP contribution in [-0.2, 0) is 0 Å². The number of benzene rings is 2. The second-order valence-electron chi connectivity index (χ2n) is 4.31. The molecule has 0 aliphatic carbocycles. The summed E-state index contributed by atoms with van der Waals surface area (Å²) < 4.78 is 0.953. The standard InChI is InChI=1S/C15H8Br2N2O3/c16-13-5-9(6-14(17)15(13)20)4-11(8-18)10-2-1-3-12(7-10)19(21)22/h1-7,20H/b11-4-. The Morgan fingerprint density at radius 1 is 1.27 bits per heavy atom. The van der Waals surface area contributed by atoms with E-state index >= 15 is 0 Å². The first-order valence-electron chi connectivity index (χ1n) is 5.97. The van der Waals surface area contributed by atoms with Crippen molar-refractivity contribution in [3.8, 4) is 11.8 Å². The van der Waals surface area contributed by atoms with Crippen LogP contribution < -0.4 is 0 Å². The highest BCUT2D eigenvalue weighted by atomic mass is 79.9. The van der Waals surface area contributed by atoms with Crippen molar-refractivity contribution in [3.05, 3.63) is 66.6 Å². The van der Waals surface area contributed by atoms with Gasteiger partial charge in [-0.25, -0.2) is 0 Å². The average molecular weight is 424 g/mol. The van der Waals surface area contributed by atoms with E-state index in [0.717, 1.165) is 0 Å². The van der Waals surface area contributed by atoms with Crippen LogP contribution in [0.5, 0.6) is 5.75 Å². The zero-order chi connectivity index (χ0) is 16.3. The molecule has 0 saturated heterocycles. The van der Waals surface area contributed by atoms with Crippen LogP contribution in [0.25, 0.3) is 11.6 Å². The predicted molar refractivity (Wildman–Crippen MR) is 90.1 cm³/mol. The molecule has 0 bridgehead atoms. The Bertz CT molecular complexity index is 803. The lowest BCUT2D eigenvalue weighted by atomic mass is 10.0. The molecule has 0 radical (unpaired) electrons. The van der Waals surface area contributed by atoms with Crippen LogP contribution in [0, 0.1) is 21.4 Å². The third-order valence-electron chi connectivity index (χ3n) is 2.84. The van der Waals surface area contributed by atoms with Crippen LogP contribution in [-0.4, -0.2) is 10.0 Å². The van der Waals surface area contributed by atoms with Crippen molar-refractivity contribution < 1.29 is 10.0 Å². The number of rotatable bonds is 3. The highest BCUT2D eigenvalue weighted by molar-refractivity contribution is 9.11. The third kappa shape index (κ3) is 3.53. The molecule has 0 heterocycles. The van der Waals surface area contributed by atoms with Crippen molar-refractivity contribution in [2.45, 2.75) is 0 Å². The Labute approximate surface area is 142 Å².